The van der Waals surface area contributed by atoms with E-state index < -0.39 is 5.97 Å². The Morgan fingerprint density at radius 2 is 1.90 bits per heavy atom. The number of anilines is 1. The van der Waals surface area contributed by atoms with Gasteiger partial charge in [0.1, 0.15) is 0 Å². The number of carbonyl (C=O) groups is 2. The third-order valence-corrected chi connectivity index (χ3v) is 3.46. The molecule has 0 aliphatic carbocycles. The average molecular weight is 287 g/mol. The van der Waals surface area contributed by atoms with E-state index in [0.717, 1.165) is 5.56 Å². The van der Waals surface area contributed by atoms with Crippen LogP contribution in [0.15, 0.2) is 41.8 Å². The van der Waals surface area contributed by atoms with Crippen LogP contribution in [0.4, 0.5) is 5.69 Å². The van der Waals surface area contributed by atoms with Crippen molar-refractivity contribution in [2.75, 3.05) is 5.32 Å². The first-order valence-corrected chi connectivity index (χ1v) is 6.81. The Hall–Kier alpha value is -2.40. The number of amides is 1. The van der Waals surface area contributed by atoms with Gasteiger partial charge in [-0.3, -0.25) is 4.79 Å². The maximum atomic E-state index is 11.3. The van der Waals surface area contributed by atoms with Gasteiger partial charge in [0.2, 0.25) is 5.91 Å². The molecule has 0 saturated carbocycles. The normalized spacial score (nSPS) is 11.2. The topological polar surface area (TPSA) is 66.4 Å². The fourth-order valence-electron chi connectivity index (χ4n) is 1.70. The van der Waals surface area contributed by atoms with E-state index in [-0.39, 0.29) is 11.5 Å². The number of nitrogens with one attached hydrogen (secondary N) is 1. The molecule has 2 N–H and O–H groups in total. The molecule has 0 saturated heterocycles. The summed E-state index contributed by atoms with van der Waals surface area (Å²) < 4.78 is 0. The lowest BCUT2D eigenvalue weighted by Crippen LogP contribution is -2.05. The van der Waals surface area contributed by atoms with Crippen LogP contribution in [0.3, 0.4) is 0 Å². The molecule has 0 atom stereocenters. The SMILES string of the molecule is CC(=O)Nc1ccc(/C=C(\C(=O)O)c2cccs2)cc1. The molecule has 1 heterocycles. The van der Waals surface area contributed by atoms with Crippen molar-refractivity contribution in [3.05, 3.63) is 52.2 Å². The van der Waals surface area contributed by atoms with Gasteiger partial charge in [-0.1, -0.05) is 18.2 Å². The molecule has 1 amide bonds. The molecule has 0 bridgehead atoms. The first-order valence-electron chi connectivity index (χ1n) is 5.93. The van der Waals surface area contributed by atoms with E-state index >= 15 is 0 Å². The van der Waals surface area contributed by atoms with Gasteiger partial charge in [0.05, 0.1) is 5.57 Å². The molecule has 2 aromatic rings. The monoisotopic (exact) mass is 287 g/mol. The van der Waals surface area contributed by atoms with Gasteiger partial charge in [-0.05, 0) is 35.2 Å². The Bertz CT molecular complexity index is 642. The van der Waals surface area contributed by atoms with E-state index in [2.05, 4.69) is 5.32 Å². The maximum absolute atomic E-state index is 11.3. The van der Waals surface area contributed by atoms with Crippen molar-refractivity contribution in [1.29, 1.82) is 0 Å². The van der Waals surface area contributed by atoms with Crippen molar-refractivity contribution in [3.8, 4) is 0 Å². The first kappa shape index (κ1) is 14.0. The third kappa shape index (κ3) is 3.55. The molecule has 0 fully saturated rings. The number of hydrogen-bond donors (Lipinski definition) is 2. The van der Waals surface area contributed by atoms with E-state index in [0.29, 0.717) is 10.6 Å². The Labute approximate surface area is 120 Å². The zero-order valence-corrected chi connectivity index (χ0v) is 11.6. The Balaban J connectivity index is 2.28. The summed E-state index contributed by atoms with van der Waals surface area (Å²) in [4.78, 5) is 22.9. The molecule has 0 unspecified atom stereocenters. The fourth-order valence-corrected chi connectivity index (χ4v) is 2.44. The van der Waals surface area contributed by atoms with Crippen LogP contribution in [-0.4, -0.2) is 17.0 Å². The molecule has 5 heteroatoms. The minimum Gasteiger partial charge on any atom is -0.478 e. The van der Waals surface area contributed by atoms with E-state index in [1.54, 1.807) is 36.4 Å². The molecule has 20 heavy (non-hydrogen) atoms. The minimum absolute atomic E-state index is 0.141. The molecule has 1 aromatic carbocycles. The predicted octanol–water partition coefficient (Wildman–Crippen LogP) is 3.33. The zero-order chi connectivity index (χ0) is 14.5. The second-order valence-corrected chi connectivity index (χ2v) is 5.09. The number of aliphatic carboxylic acids is 1. The van der Waals surface area contributed by atoms with E-state index in [1.165, 1.54) is 18.3 Å². The van der Waals surface area contributed by atoms with E-state index in [9.17, 15) is 14.7 Å². The van der Waals surface area contributed by atoms with Crippen molar-refractivity contribution in [1.82, 2.24) is 0 Å². The van der Waals surface area contributed by atoms with E-state index in [1.807, 2.05) is 11.4 Å². The smallest absolute Gasteiger partial charge is 0.337 e. The molecular formula is C15H13NO3S. The summed E-state index contributed by atoms with van der Waals surface area (Å²) >= 11 is 1.38. The molecule has 102 valence electrons. The van der Waals surface area contributed by atoms with Gasteiger partial charge in [0.15, 0.2) is 0 Å². The molecule has 2 rings (SSSR count). The third-order valence-electron chi connectivity index (χ3n) is 2.56. The van der Waals surface area contributed by atoms with Crippen molar-refractivity contribution < 1.29 is 14.7 Å². The summed E-state index contributed by atoms with van der Waals surface area (Å²) in [6.45, 7) is 1.44. The lowest BCUT2D eigenvalue weighted by molar-refractivity contribution is -0.130. The number of carbonyl (C=O) groups excluding carboxylic acids is 1. The lowest BCUT2D eigenvalue weighted by Gasteiger charge is -2.03. The molecular weight excluding hydrogens is 274 g/mol. The number of hydrogen-bond acceptors (Lipinski definition) is 3. The molecule has 0 aliphatic rings. The quantitative estimate of drug-likeness (QED) is 0.848. The van der Waals surface area contributed by atoms with Crippen molar-refractivity contribution >= 4 is 40.5 Å². The van der Waals surface area contributed by atoms with Gasteiger partial charge in [-0.15, -0.1) is 11.3 Å². The number of thiophene rings is 1. The van der Waals surface area contributed by atoms with Crippen LogP contribution in [0.25, 0.3) is 11.6 Å². The van der Waals surface area contributed by atoms with Gasteiger partial charge >= 0.3 is 5.97 Å². The van der Waals surface area contributed by atoms with Crippen molar-refractivity contribution in [3.63, 3.8) is 0 Å². The fraction of sp³-hybridized carbons (Fsp3) is 0.0667. The van der Waals surface area contributed by atoms with Crippen LogP contribution in [0.5, 0.6) is 0 Å². The van der Waals surface area contributed by atoms with Gasteiger partial charge in [0.25, 0.3) is 0 Å². The number of carboxylic acid groups (broad SMARTS) is 1. The Morgan fingerprint density at radius 1 is 1.20 bits per heavy atom. The van der Waals surface area contributed by atoms with Crippen LogP contribution in [-0.2, 0) is 9.59 Å². The number of rotatable bonds is 4. The van der Waals surface area contributed by atoms with Gasteiger partial charge < -0.3 is 10.4 Å². The van der Waals surface area contributed by atoms with Crippen molar-refractivity contribution in [2.45, 2.75) is 6.92 Å². The van der Waals surface area contributed by atoms with Gasteiger partial charge in [-0.2, -0.15) is 0 Å². The Morgan fingerprint density at radius 3 is 2.40 bits per heavy atom. The summed E-state index contributed by atoms with van der Waals surface area (Å²) in [5.41, 5.74) is 1.71. The zero-order valence-electron chi connectivity index (χ0n) is 10.8. The van der Waals surface area contributed by atoms with Crippen LogP contribution in [0.2, 0.25) is 0 Å². The summed E-state index contributed by atoms with van der Waals surface area (Å²) in [6.07, 6.45) is 1.62. The highest BCUT2D eigenvalue weighted by molar-refractivity contribution is 7.11. The van der Waals surface area contributed by atoms with Gasteiger partial charge in [0, 0.05) is 17.5 Å². The molecule has 0 aliphatic heterocycles. The maximum Gasteiger partial charge on any atom is 0.337 e. The standard InChI is InChI=1S/C15H13NO3S/c1-10(17)16-12-6-4-11(5-7-12)9-13(15(18)19)14-3-2-8-20-14/h2-9H,1H3,(H,16,17)(H,18,19)/b13-9-. The van der Waals surface area contributed by atoms with Crippen LogP contribution < -0.4 is 5.32 Å². The predicted molar refractivity (Wildman–Crippen MR) is 80.6 cm³/mol. The molecule has 4 nitrogen and oxygen atoms in total. The van der Waals surface area contributed by atoms with Crippen LogP contribution in [0, 0.1) is 0 Å². The largest absolute Gasteiger partial charge is 0.478 e. The average Bonchev–Trinajstić information content (AvgIpc) is 2.90. The highest BCUT2D eigenvalue weighted by atomic mass is 32.1. The minimum atomic E-state index is -0.960. The molecule has 1 aromatic heterocycles. The lowest BCUT2D eigenvalue weighted by atomic mass is 10.1. The summed E-state index contributed by atoms with van der Waals surface area (Å²) in [5, 5.41) is 13.8. The Kier molecular flexibility index (Phi) is 4.32. The second kappa shape index (κ2) is 6.16. The van der Waals surface area contributed by atoms with E-state index in [4.69, 9.17) is 0 Å². The highest BCUT2D eigenvalue weighted by Gasteiger charge is 2.11. The number of carboxylic acids is 1. The van der Waals surface area contributed by atoms with Crippen molar-refractivity contribution in [2.24, 2.45) is 0 Å². The summed E-state index contributed by atoms with van der Waals surface area (Å²) in [7, 11) is 0. The summed E-state index contributed by atoms with van der Waals surface area (Å²) in [5.74, 6) is -1.10. The first-order chi connectivity index (χ1) is 9.56. The van der Waals surface area contributed by atoms with Gasteiger partial charge in [-0.25, -0.2) is 4.79 Å². The number of benzene rings is 1. The molecule has 0 radical (unpaired) electrons. The van der Waals surface area contributed by atoms with Crippen LogP contribution in [0.1, 0.15) is 17.4 Å². The highest BCUT2D eigenvalue weighted by Crippen LogP contribution is 2.23. The second-order valence-electron chi connectivity index (χ2n) is 4.14. The summed E-state index contributed by atoms with van der Waals surface area (Å²) in [6, 6.07) is 10.6. The molecule has 0 spiro atoms. The van der Waals surface area contributed by atoms with Crippen LogP contribution >= 0.6 is 11.3 Å².